The highest BCUT2D eigenvalue weighted by atomic mass is 32.2. The molecule has 0 fully saturated rings. The molecule has 26 heavy (non-hydrogen) atoms. The van der Waals surface area contributed by atoms with Gasteiger partial charge in [-0.2, -0.15) is 0 Å². The van der Waals surface area contributed by atoms with Crippen molar-refractivity contribution in [2.75, 3.05) is 20.8 Å². The molecule has 1 aliphatic heterocycles. The standard InChI is InChI=1S/C16H16N2O6S2/c1-23-12-6-11-14(7-13(12)24-2)26(21,22)18(16(11)20)9-15(19)17-8-10-4-3-5-25-10/h3-7H,8-9H2,1-2H3,(H,17,19). The highest BCUT2D eigenvalue weighted by Crippen LogP contribution is 2.38. The van der Waals surface area contributed by atoms with Crippen molar-refractivity contribution in [2.45, 2.75) is 11.4 Å². The maximum atomic E-state index is 12.7. The van der Waals surface area contributed by atoms with Crippen LogP contribution in [0.2, 0.25) is 0 Å². The lowest BCUT2D eigenvalue weighted by Crippen LogP contribution is -2.40. The van der Waals surface area contributed by atoms with Gasteiger partial charge in [-0.05, 0) is 17.5 Å². The molecule has 10 heteroatoms. The van der Waals surface area contributed by atoms with Crippen molar-refractivity contribution in [3.05, 3.63) is 40.1 Å². The average molecular weight is 396 g/mol. The van der Waals surface area contributed by atoms with Crippen LogP contribution in [0.1, 0.15) is 15.2 Å². The van der Waals surface area contributed by atoms with Crippen LogP contribution in [0.5, 0.6) is 11.5 Å². The van der Waals surface area contributed by atoms with Crippen LogP contribution in [0.15, 0.2) is 34.5 Å². The second-order valence-corrected chi connectivity index (χ2v) is 8.24. The summed E-state index contributed by atoms with van der Waals surface area (Å²) in [7, 11) is -1.38. The van der Waals surface area contributed by atoms with Crippen molar-refractivity contribution in [3.8, 4) is 11.5 Å². The lowest BCUT2D eigenvalue weighted by molar-refractivity contribution is -0.121. The second kappa shape index (κ2) is 6.96. The summed E-state index contributed by atoms with van der Waals surface area (Å²) >= 11 is 1.46. The zero-order valence-corrected chi connectivity index (χ0v) is 15.6. The van der Waals surface area contributed by atoms with Gasteiger partial charge in [-0.25, -0.2) is 12.7 Å². The Bertz CT molecular complexity index is 953. The lowest BCUT2D eigenvalue weighted by Gasteiger charge is -2.14. The molecule has 8 nitrogen and oxygen atoms in total. The number of amides is 2. The van der Waals surface area contributed by atoms with Crippen molar-refractivity contribution in [2.24, 2.45) is 0 Å². The van der Waals surface area contributed by atoms with Gasteiger partial charge < -0.3 is 14.8 Å². The third kappa shape index (κ3) is 3.13. The van der Waals surface area contributed by atoms with Crippen LogP contribution in [0.25, 0.3) is 0 Å². The van der Waals surface area contributed by atoms with Crippen molar-refractivity contribution in [3.63, 3.8) is 0 Å². The van der Waals surface area contributed by atoms with E-state index >= 15 is 0 Å². The molecular weight excluding hydrogens is 380 g/mol. The topological polar surface area (TPSA) is 102 Å². The van der Waals surface area contributed by atoms with Gasteiger partial charge in [-0.3, -0.25) is 9.59 Å². The molecule has 1 N–H and O–H groups in total. The highest BCUT2D eigenvalue weighted by Gasteiger charge is 2.43. The number of rotatable bonds is 6. The summed E-state index contributed by atoms with van der Waals surface area (Å²) in [5.74, 6) is -0.917. The number of hydrogen-bond acceptors (Lipinski definition) is 7. The van der Waals surface area contributed by atoms with E-state index in [0.717, 1.165) is 4.88 Å². The van der Waals surface area contributed by atoms with Crippen LogP contribution < -0.4 is 14.8 Å². The minimum absolute atomic E-state index is 0.0475. The van der Waals surface area contributed by atoms with Crippen LogP contribution >= 0.6 is 11.3 Å². The zero-order chi connectivity index (χ0) is 18.9. The fourth-order valence-electron chi connectivity index (χ4n) is 2.55. The third-order valence-electron chi connectivity index (χ3n) is 3.84. The van der Waals surface area contributed by atoms with Crippen LogP contribution in [-0.2, 0) is 21.4 Å². The molecule has 0 spiro atoms. The Kier molecular flexibility index (Phi) is 4.88. The largest absolute Gasteiger partial charge is 0.493 e. The van der Waals surface area contributed by atoms with Gasteiger partial charge in [0.25, 0.3) is 15.9 Å². The first kappa shape index (κ1) is 18.2. The number of methoxy groups -OCH3 is 2. The molecule has 0 saturated heterocycles. The Morgan fingerprint density at radius 1 is 1.23 bits per heavy atom. The third-order valence-corrected chi connectivity index (χ3v) is 6.48. The van der Waals surface area contributed by atoms with Crippen LogP contribution in [0.3, 0.4) is 0 Å². The molecule has 0 unspecified atom stereocenters. The predicted octanol–water partition coefficient (Wildman–Crippen LogP) is 1.23. The van der Waals surface area contributed by atoms with Crippen molar-refractivity contribution < 1.29 is 27.5 Å². The van der Waals surface area contributed by atoms with E-state index in [0.29, 0.717) is 4.31 Å². The first-order valence-corrected chi connectivity index (χ1v) is 9.82. The Labute approximate surface area is 154 Å². The number of carbonyl (C=O) groups is 2. The van der Waals surface area contributed by atoms with E-state index in [-0.39, 0.29) is 28.5 Å². The Morgan fingerprint density at radius 2 is 1.92 bits per heavy atom. The number of hydrogen-bond donors (Lipinski definition) is 1. The minimum atomic E-state index is -4.13. The Balaban J connectivity index is 1.83. The fraction of sp³-hybridized carbons (Fsp3) is 0.250. The van der Waals surface area contributed by atoms with Gasteiger partial charge in [0.05, 0.1) is 26.3 Å². The maximum absolute atomic E-state index is 12.7. The molecule has 1 aliphatic rings. The van der Waals surface area contributed by atoms with Crippen molar-refractivity contribution in [1.29, 1.82) is 0 Å². The summed E-state index contributed by atoms with van der Waals surface area (Å²) < 4.78 is 36.1. The van der Waals surface area contributed by atoms with Crippen molar-refractivity contribution >= 4 is 33.2 Å². The maximum Gasteiger partial charge on any atom is 0.269 e. The summed E-state index contributed by atoms with van der Waals surface area (Å²) in [4.78, 5) is 25.4. The quantitative estimate of drug-likeness (QED) is 0.788. The molecule has 3 rings (SSSR count). The molecule has 2 heterocycles. The molecule has 0 radical (unpaired) electrons. The summed E-state index contributed by atoms with van der Waals surface area (Å²) in [5, 5.41) is 4.47. The summed E-state index contributed by atoms with van der Waals surface area (Å²) in [6, 6.07) is 6.22. The number of nitrogens with one attached hydrogen (secondary N) is 1. The van der Waals surface area contributed by atoms with E-state index in [9.17, 15) is 18.0 Å². The number of carbonyl (C=O) groups excluding carboxylic acids is 2. The molecule has 0 saturated carbocycles. The molecular formula is C16H16N2O6S2. The van der Waals surface area contributed by atoms with Crippen LogP contribution in [-0.4, -0.2) is 45.3 Å². The van der Waals surface area contributed by atoms with E-state index in [1.165, 1.54) is 37.7 Å². The number of ether oxygens (including phenoxy) is 2. The van der Waals surface area contributed by atoms with Gasteiger partial charge in [0.1, 0.15) is 11.4 Å². The van der Waals surface area contributed by atoms with Gasteiger partial charge >= 0.3 is 0 Å². The second-order valence-electron chi connectivity index (χ2n) is 5.38. The van der Waals surface area contributed by atoms with Gasteiger partial charge in [0.2, 0.25) is 5.91 Å². The number of benzene rings is 1. The summed E-state index contributed by atoms with van der Waals surface area (Å²) in [6.45, 7) is -0.320. The molecule has 2 aromatic rings. The summed E-state index contributed by atoms with van der Waals surface area (Å²) in [6.07, 6.45) is 0. The molecule has 138 valence electrons. The smallest absolute Gasteiger partial charge is 0.269 e. The van der Waals surface area contributed by atoms with E-state index in [4.69, 9.17) is 9.47 Å². The van der Waals surface area contributed by atoms with E-state index < -0.39 is 28.4 Å². The van der Waals surface area contributed by atoms with E-state index in [1.807, 2.05) is 17.5 Å². The molecule has 0 aliphatic carbocycles. The molecule has 0 atom stereocenters. The van der Waals surface area contributed by atoms with E-state index in [2.05, 4.69) is 5.32 Å². The van der Waals surface area contributed by atoms with Gasteiger partial charge in [-0.1, -0.05) is 6.07 Å². The minimum Gasteiger partial charge on any atom is -0.493 e. The number of nitrogens with zero attached hydrogens (tertiary/aromatic N) is 1. The molecule has 2 amide bonds. The highest BCUT2D eigenvalue weighted by molar-refractivity contribution is 7.90. The lowest BCUT2D eigenvalue weighted by atomic mass is 10.2. The number of sulfonamides is 1. The van der Waals surface area contributed by atoms with Crippen LogP contribution in [0, 0.1) is 0 Å². The first-order chi connectivity index (χ1) is 12.4. The Morgan fingerprint density at radius 3 is 2.54 bits per heavy atom. The van der Waals surface area contributed by atoms with E-state index in [1.54, 1.807) is 0 Å². The van der Waals surface area contributed by atoms with Gasteiger partial charge in [0.15, 0.2) is 11.5 Å². The number of thiophene rings is 1. The zero-order valence-electron chi connectivity index (χ0n) is 14.0. The number of fused-ring (bicyclic) bond motifs is 1. The fourth-order valence-corrected chi connectivity index (χ4v) is 4.71. The monoisotopic (exact) mass is 396 g/mol. The normalized spacial score (nSPS) is 14.8. The SMILES string of the molecule is COc1cc2c(cc1OC)S(=O)(=O)N(CC(=O)NCc1cccs1)C2=O. The van der Waals surface area contributed by atoms with Gasteiger partial charge in [0, 0.05) is 10.9 Å². The predicted molar refractivity (Wildman–Crippen MR) is 93.9 cm³/mol. The van der Waals surface area contributed by atoms with Gasteiger partial charge in [-0.15, -0.1) is 11.3 Å². The molecule has 1 aromatic heterocycles. The molecule has 1 aromatic carbocycles. The Hall–Kier alpha value is -2.59. The van der Waals surface area contributed by atoms with Crippen LogP contribution in [0.4, 0.5) is 0 Å². The van der Waals surface area contributed by atoms with Crippen molar-refractivity contribution in [1.82, 2.24) is 9.62 Å². The summed E-state index contributed by atoms with van der Waals surface area (Å²) in [5.41, 5.74) is -0.0475. The molecule has 0 bridgehead atoms. The average Bonchev–Trinajstić information content (AvgIpc) is 3.21. The first-order valence-electron chi connectivity index (χ1n) is 7.50.